The van der Waals surface area contributed by atoms with Crippen LogP contribution in [0.25, 0.3) is 0 Å². The van der Waals surface area contributed by atoms with Crippen molar-refractivity contribution < 1.29 is 13.6 Å². The molecule has 0 N–H and O–H groups in total. The highest BCUT2D eigenvalue weighted by molar-refractivity contribution is 6.71. The quantitative estimate of drug-likeness (QED) is 0.540. The van der Waals surface area contributed by atoms with Crippen LogP contribution in [0.15, 0.2) is 0 Å². The number of rotatable bonds is 11. The molecular formula is C15H35NO3Si2. The van der Waals surface area contributed by atoms with Crippen molar-refractivity contribution in [1.82, 2.24) is 4.90 Å². The lowest BCUT2D eigenvalue weighted by molar-refractivity contribution is -0.136. The van der Waals surface area contributed by atoms with Gasteiger partial charge in [0.15, 0.2) is 8.32 Å². The monoisotopic (exact) mass is 333 g/mol. The van der Waals surface area contributed by atoms with Crippen LogP contribution >= 0.6 is 0 Å². The fraction of sp³-hybridized carbons (Fsp3) is 0.933. The van der Waals surface area contributed by atoms with E-state index >= 15 is 0 Å². The number of carbonyl (C=O) groups is 1. The Morgan fingerprint density at radius 2 is 1.71 bits per heavy atom. The standard InChI is InChI=1S/C15H35NO3Si2/c1-8-12-18-21(6,7)13-10-11-16(9-2)14-15(17)19-20(3,4)5/h8-14H2,1-7H3. The summed E-state index contributed by atoms with van der Waals surface area (Å²) in [6, 6.07) is 1.15. The number of hydrogen-bond donors (Lipinski definition) is 0. The van der Waals surface area contributed by atoms with Crippen LogP contribution < -0.4 is 0 Å². The van der Waals surface area contributed by atoms with Gasteiger partial charge in [-0.15, -0.1) is 0 Å². The van der Waals surface area contributed by atoms with Gasteiger partial charge in [0.1, 0.15) is 0 Å². The van der Waals surface area contributed by atoms with Crippen molar-refractivity contribution in [3.63, 3.8) is 0 Å². The van der Waals surface area contributed by atoms with E-state index in [-0.39, 0.29) is 5.97 Å². The molecule has 0 saturated heterocycles. The Labute approximate surface area is 133 Å². The first-order valence-electron chi connectivity index (χ1n) is 8.18. The molecule has 0 atom stereocenters. The Morgan fingerprint density at radius 1 is 1.10 bits per heavy atom. The van der Waals surface area contributed by atoms with Gasteiger partial charge in [0.05, 0.1) is 6.54 Å². The number of likely N-dealkylation sites (N-methyl/N-ethyl adjacent to an activating group) is 1. The second-order valence-corrected chi connectivity index (χ2v) is 15.9. The maximum atomic E-state index is 11.9. The lowest BCUT2D eigenvalue weighted by Gasteiger charge is -2.26. The average molecular weight is 334 g/mol. The van der Waals surface area contributed by atoms with Crippen molar-refractivity contribution in [3.8, 4) is 0 Å². The van der Waals surface area contributed by atoms with Gasteiger partial charge >= 0.3 is 5.97 Å². The third-order valence-corrected chi connectivity index (χ3v) is 6.55. The normalized spacial score (nSPS) is 12.8. The Kier molecular flexibility index (Phi) is 9.68. The molecule has 0 radical (unpaired) electrons. The third-order valence-electron chi connectivity index (χ3n) is 3.17. The second kappa shape index (κ2) is 9.76. The van der Waals surface area contributed by atoms with Gasteiger partial charge in [0.25, 0.3) is 0 Å². The number of hydrogen-bond acceptors (Lipinski definition) is 4. The topological polar surface area (TPSA) is 38.8 Å². The van der Waals surface area contributed by atoms with Crippen molar-refractivity contribution in [2.45, 2.75) is 65.5 Å². The summed E-state index contributed by atoms with van der Waals surface area (Å²) in [4.78, 5) is 14.1. The summed E-state index contributed by atoms with van der Waals surface area (Å²) in [7, 11) is -3.28. The van der Waals surface area contributed by atoms with Crippen LogP contribution in [0.1, 0.15) is 26.7 Å². The van der Waals surface area contributed by atoms with Gasteiger partial charge in [-0.2, -0.15) is 0 Å². The Bertz CT molecular complexity index is 304. The second-order valence-electron chi connectivity index (χ2n) is 7.17. The van der Waals surface area contributed by atoms with Crippen LogP contribution in [0.2, 0.25) is 38.8 Å². The lowest BCUT2D eigenvalue weighted by atomic mass is 10.4. The summed E-state index contributed by atoms with van der Waals surface area (Å²) in [6.45, 7) is 18.0. The largest absolute Gasteiger partial charge is 0.519 e. The van der Waals surface area contributed by atoms with Crippen molar-refractivity contribution in [1.29, 1.82) is 0 Å². The van der Waals surface area contributed by atoms with Gasteiger partial charge in [0.2, 0.25) is 8.32 Å². The molecule has 21 heavy (non-hydrogen) atoms. The molecule has 0 saturated carbocycles. The summed E-state index contributed by atoms with van der Waals surface area (Å²) in [5, 5.41) is 0. The first kappa shape index (κ1) is 20.8. The number of nitrogens with zero attached hydrogens (tertiary/aromatic N) is 1. The van der Waals surface area contributed by atoms with E-state index in [1.807, 2.05) is 19.6 Å². The van der Waals surface area contributed by atoms with Crippen LogP contribution in [0.5, 0.6) is 0 Å². The molecule has 0 amide bonds. The van der Waals surface area contributed by atoms with Crippen molar-refractivity contribution >= 4 is 22.6 Å². The molecule has 0 aliphatic heterocycles. The molecule has 6 heteroatoms. The van der Waals surface area contributed by atoms with Crippen molar-refractivity contribution in [3.05, 3.63) is 0 Å². The van der Waals surface area contributed by atoms with Crippen molar-refractivity contribution in [2.75, 3.05) is 26.2 Å². The smallest absolute Gasteiger partial charge is 0.306 e. The van der Waals surface area contributed by atoms with E-state index in [2.05, 4.69) is 31.8 Å². The van der Waals surface area contributed by atoms with Crippen LogP contribution in [-0.2, 0) is 13.6 Å². The maximum Gasteiger partial charge on any atom is 0.306 e. The summed E-state index contributed by atoms with van der Waals surface area (Å²) < 4.78 is 11.5. The van der Waals surface area contributed by atoms with Crippen molar-refractivity contribution in [2.24, 2.45) is 0 Å². The average Bonchev–Trinajstić information content (AvgIpc) is 2.32. The molecule has 0 bridgehead atoms. The predicted molar refractivity (Wildman–Crippen MR) is 94.7 cm³/mol. The summed E-state index contributed by atoms with van der Waals surface area (Å²) in [5.74, 6) is -0.0743. The van der Waals surface area contributed by atoms with Crippen LogP contribution in [0, 0.1) is 0 Å². The highest BCUT2D eigenvalue weighted by atomic mass is 28.4. The Balaban J connectivity index is 4.07. The SMILES string of the molecule is CCCO[Si](C)(C)CCCN(CC)CC(=O)O[Si](C)(C)C. The summed E-state index contributed by atoms with van der Waals surface area (Å²) in [6.07, 6.45) is 2.18. The fourth-order valence-electron chi connectivity index (χ4n) is 2.08. The van der Waals surface area contributed by atoms with E-state index in [4.69, 9.17) is 8.85 Å². The van der Waals surface area contributed by atoms with E-state index in [0.29, 0.717) is 6.54 Å². The van der Waals surface area contributed by atoms with Gasteiger partial charge in [-0.05, 0) is 64.7 Å². The predicted octanol–water partition coefficient (Wildman–Crippen LogP) is 3.71. The van der Waals surface area contributed by atoms with E-state index in [1.165, 1.54) is 0 Å². The molecule has 0 aliphatic rings. The van der Waals surface area contributed by atoms with E-state index < -0.39 is 16.6 Å². The molecule has 0 aromatic rings. The highest BCUT2D eigenvalue weighted by Crippen LogP contribution is 2.14. The summed E-state index contributed by atoms with van der Waals surface area (Å²) in [5.41, 5.74) is 0. The minimum Gasteiger partial charge on any atom is -0.519 e. The molecule has 4 nitrogen and oxygen atoms in total. The van der Waals surface area contributed by atoms with E-state index in [0.717, 1.165) is 38.6 Å². The molecule has 0 aromatic heterocycles. The molecule has 0 rings (SSSR count). The fourth-order valence-corrected chi connectivity index (χ4v) is 4.74. The molecule has 126 valence electrons. The van der Waals surface area contributed by atoms with Crippen LogP contribution in [0.4, 0.5) is 0 Å². The third kappa shape index (κ3) is 12.1. The highest BCUT2D eigenvalue weighted by Gasteiger charge is 2.23. The minimum atomic E-state index is -1.77. The maximum absolute atomic E-state index is 11.9. The zero-order chi connectivity index (χ0) is 16.5. The number of carbonyl (C=O) groups excluding carboxylic acids is 1. The first-order chi connectivity index (χ1) is 9.59. The van der Waals surface area contributed by atoms with Gasteiger partial charge in [0, 0.05) is 6.61 Å². The minimum absolute atomic E-state index is 0.0743. The van der Waals surface area contributed by atoms with Gasteiger partial charge in [-0.3, -0.25) is 9.69 Å². The lowest BCUT2D eigenvalue weighted by Crippen LogP contribution is -2.38. The zero-order valence-corrected chi connectivity index (χ0v) is 17.1. The Morgan fingerprint density at radius 3 is 2.19 bits per heavy atom. The van der Waals surface area contributed by atoms with Gasteiger partial charge in [-0.1, -0.05) is 13.8 Å². The van der Waals surface area contributed by atoms with Gasteiger partial charge in [-0.25, -0.2) is 0 Å². The van der Waals surface area contributed by atoms with Gasteiger partial charge < -0.3 is 8.85 Å². The zero-order valence-electron chi connectivity index (χ0n) is 15.1. The van der Waals surface area contributed by atoms with Crippen LogP contribution in [0.3, 0.4) is 0 Å². The molecular weight excluding hydrogens is 298 g/mol. The van der Waals surface area contributed by atoms with Crippen LogP contribution in [-0.4, -0.2) is 53.7 Å². The first-order valence-corrected chi connectivity index (χ1v) is 14.7. The molecule has 0 fully saturated rings. The molecule has 0 heterocycles. The molecule has 0 aliphatic carbocycles. The van der Waals surface area contributed by atoms with E-state index in [1.54, 1.807) is 0 Å². The molecule has 0 spiro atoms. The summed E-state index contributed by atoms with van der Waals surface area (Å²) >= 11 is 0. The molecule has 0 aromatic carbocycles. The Hall–Kier alpha value is -0.176. The molecule has 0 unspecified atom stereocenters. The van der Waals surface area contributed by atoms with E-state index in [9.17, 15) is 4.79 Å².